The first-order valence-corrected chi connectivity index (χ1v) is 9.34. The van der Waals surface area contributed by atoms with Crippen molar-refractivity contribution in [2.24, 2.45) is 0 Å². The molecule has 2 aromatic carbocycles. The molecule has 4 rings (SSSR count). The summed E-state index contributed by atoms with van der Waals surface area (Å²) in [6, 6.07) is 19.5. The van der Waals surface area contributed by atoms with Crippen LogP contribution in [0.3, 0.4) is 0 Å². The van der Waals surface area contributed by atoms with E-state index in [1.54, 1.807) is 0 Å². The van der Waals surface area contributed by atoms with E-state index in [2.05, 4.69) is 94.2 Å². The summed E-state index contributed by atoms with van der Waals surface area (Å²) in [5.74, 6) is 1.04. The second-order valence-electron chi connectivity index (χ2n) is 9.06. The van der Waals surface area contributed by atoms with E-state index in [9.17, 15) is 0 Å². The van der Waals surface area contributed by atoms with E-state index in [0.29, 0.717) is 0 Å². The van der Waals surface area contributed by atoms with Crippen LogP contribution in [0.1, 0.15) is 51.6 Å². The van der Waals surface area contributed by atoms with E-state index in [1.165, 1.54) is 27.5 Å². The quantitative estimate of drug-likeness (QED) is 0.438. The fourth-order valence-corrected chi connectivity index (χ4v) is 3.60. The number of aromatic amines is 1. The average Bonchev–Trinajstić information content (AvgIpc) is 3.18. The average molecular weight is 345 g/mol. The van der Waals surface area contributed by atoms with Gasteiger partial charge in [0.05, 0.1) is 0 Å². The van der Waals surface area contributed by atoms with Gasteiger partial charge in [-0.2, -0.15) is 0 Å². The number of furan rings is 1. The lowest BCUT2D eigenvalue weighted by Crippen LogP contribution is -2.20. The van der Waals surface area contributed by atoms with Gasteiger partial charge in [-0.1, -0.05) is 65.0 Å². The molecule has 4 aromatic rings. The van der Waals surface area contributed by atoms with Gasteiger partial charge in [0.25, 0.3) is 0 Å². The van der Waals surface area contributed by atoms with Crippen LogP contribution in [0.4, 0.5) is 0 Å². The Balaban J connectivity index is 1.66. The highest BCUT2D eigenvalue weighted by Crippen LogP contribution is 2.33. The van der Waals surface area contributed by atoms with Crippen molar-refractivity contribution < 1.29 is 4.42 Å². The number of fused-ring (bicyclic) bond motifs is 2. The summed E-state index contributed by atoms with van der Waals surface area (Å²) in [7, 11) is 0. The molecule has 134 valence electrons. The maximum atomic E-state index is 6.13. The van der Waals surface area contributed by atoms with Crippen LogP contribution in [0.15, 0.2) is 59.0 Å². The number of benzene rings is 2. The van der Waals surface area contributed by atoms with Gasteiger partial charge < -0.3 is 9.40 Å². The van der Waals surface area contributed by atoms with Crippen molar-refractivity contribution in [1.29, 1.82) is 0 Å². The molecule has 0 fully saturated rings. The first kappa shape index (κ1) is 17.0. The molecule has 2 nitrogen and oxygen atoms in total. The number of aromatic nitrogens is 1. The van der Waals surface area contributed by atoms with E-state index in [-0.39, 0.29) is 10.8 Å². The molecule has 0 radical (unpaired) electrons. The summed E-state index contributed by atoms with van der Waals surface area (Å²) >= 11 is 0. The third-order valence-corrected chi connectivity index (χ3v) is 5.23. The second-order valence-corrected chi connectivity index (χ2v) is 9.06. The van der Waals surface area contributed by atoms with Gasteiger partial charge >= 0.3 is 0 Å². The maximum absolute atomic E-state index is 6.13. The van der Waals surface area contributed by atoms with Crippen molar-refractivity contribution in [2.75, 3.05) is 0 Å². The monoisotopic (exact) mass is 345 g/mol. The second kappa shape index (κ2) is 5.77. The summed E-state index contributed by atoms with van der Waals surface area (Å²) < 4.78 is 6.13. The highest BCUT2D eigenvalue weighted by Gasteiger charge is 2.24. The fourth-order valence-electron chi connectivity index (χ4n) is 3.60. The Hall–Kier alpha value is -2.48. The smallest absolute Gasteiger partial charge is 0.134 e. The van der Waals surface area contributed by atoms with Gasteiger partial charge in [-0.05, 0) is 41.6 Å². The molecule has 0 saturated carbocycles. The lowest BCUT2D eigenvalue weighted by atomic mass is 9.82. The molecule has 0 bridgehead atoms. The predicted octanol–water partition coefficient (Wildman–Crippen LogP) is 6.73. The summed E-state index contributed by atoms with van der Waals surface area (Å²) in [5.41, 5.74) is 4.81. The van der Waals surface area contributed by atoms with Gasteiger partial charge in [0, 0.05) is 27.4 Å². The topological polar surface area (TPSA) is 28.9 Å². The van der Waals surface area contributed by atoms with Crippen molar-refractivity contribution in [2.45, 2.75) is 51.9 Å². The maximum Gasteiger partial charge on any atom is 0.134 e. The zero-order valence-corrected chi connectivity index (χ0v) is 16.3. The Bertz CT molecular complexity index is 1040. The molecule has 2 aromatic heterocycles. The van der Waals surface area contributed by atoms with E-state index in [0.717, 1.165) is 17.8 Å². The minimum Gasteiger partial charge on any atom is -0.461 e. The Morgan fingerprint density at radius 3 is 2.35 bits per heavy atom. The summed E-state index contributed by atoms with van der Waals surface area (Å²) in [6.07, 6.45) is 0.960. The molecule has 0 saturated heterocycles. The first-order chi connectivity index (χ1) is 12.2. The molecule has 0 aliphatic heterocycles. The number of nitrogens with one attached hydrogen (secondary N) is 1. The number of H-pyrrole nitrogens is 1. The van der Waals surface area contributed by atoms with Gasteiger partial charge in [-0.15, -0.1) is 0 Å². The van der Waals surface area contributed by atoms with Gasteiger partial charge in [0.1, 0.15) is 11.3 Å². The standard InChI is InChI=1S/C24H27NO/c1-23(2,3)22-14-18-11-10-16(12-20(18)26-22)15-24(4,5)21-13-17-8-6-7-9-19(17)25-21/h6-14,25H,15H2,1-5H3. The highest BCUT2D eigenvalue weighted by molar-refractivity contribution is 5.81. The Morgan fingerprint density at radius 1 is 0.846 bits per heavy atom. The molecule has 0 spiro atoms. The van der Waals surface area contributed by atoms with Crippen molar-refractivity contribution in [3.63, 3.8) is 0 Å². The number of para-hydroxylation sites is 1. The minimum absolute atomic E-state index is 0.0200. The summed E-state index contributed by atoms with van der Waals surface area (Å²) in [4.78, 5) is 3.59. The third kappa shape index (κ3) is 3.05. The van der Waals surface area contributed by atoms with Crippen LogP contribution in [-0.2, 0) is 17.3 Å². The number of hydrogen-bond acceptors (Lipinski definition) is 1. The van der Waals surface area contributed by atoms with Gasteiger partial charge in [-0.25, -0.2) is 0 Å². The lowest BCUT2D eigenvalue weighted by molar-refractivity contribution is 0.430. The van der Waals surface area contributed by atoms with Gasteiger partial charge in [0.2, 0.25) is 0 Å². The van der Waals surface area contributed by atoms with E-state index in [1.807, 2.05) is 0 Å². The molecule has 0 atom stereocenters. The normalized spacial score (nSPS) is 13.0. The SMILES string of the molecule is CC(C)(C)c1cc2ccc(CC(C)(C)c3cc4ccccc4[nH]3)cc2o1. The van der Waals surface area contributed by atoms with Crippen molar-refractivity contribution in [3.8, 4) is 0 Å². The third-order valence-electron chi connectivity index (χ3n) is 5.23. The predicted molar refractivity (Wildman–Crippen MR) is 110 cm³/mol. The van der Waals surface area contributed by atoms with Crippen molar-refractivity contribution in [3.05, 3.63) is 71.6 Å². The molecule has 26 heavy (non-hydrogen) atoms. The van der Waals surface area contributed by atoms with Gasteiger partial charge in [0.15, 0.2) is 0 Å². The summed E-state index contributed by atoms with van der Waals surface area (Å²) in [6.45, 7) is 11.1. The molecule has 2 heteroatoms. The largest absolute Gasteiger partial charge is 0.461 e. The minimum atomic E-state index is 0.0200. The van der Waals surface area contributed by atoms with Crippen molar-refractivity contribution >= 4 is 21.9 Å². The first-order valence-electron chi connectivity index (χ1n) is 9.34. The Labute approximate surface area is 155 Å². The molecule has 2 heterocycles. The molecule has 0 unspecified atom stereocenters. The number of rotatable bonds is 3. The van der Waals surface area contributed by atoms with Crippen LogP contribution < -0.4 is 0 Å². The zero-order valence-electron chi connectivity index (χ0n) is 16.3. The van der Waals surface area contributed by atoms with Crippen LogP contribution >= 0.6 is 0 Å². The van der Waals surface area contributed by atoms with Crippen LogP contribution in [-0.4, -0.2) is 4.98 Å². The lowest BCUT2D eigenvalue weighted by Gasteiger charge is -2.23. The molecular weight excluding hydrogens is 318 g/mol. The van der Waals surface area contributed by atoms with E-state index >= 15 is 0 Å². The van der Waals surface area contributed by atoms with E-state index < -0.39 is 0 Å². The van der Waals surface area contributed by atoms with Crippen LogP contribution in [0.2, 0.25) is 0 Å². The van der Waals surface area contributed by atoms with Crippen molar-refractivity contribution in [1.82, 2.24) is 4.98 Å². The molecule has 1 N–H and O–H groups in total. The zero-order chi connectivity index (χ0) is 18.5. The van der Waals surface area contributed by atoms with Crippen LogP contribution in [0.5, 0.6) is 0 Å². The fraction of sp³-hybridized carbons (Fsp3) is 0.333. The highest BCUT2D eigenvalue weighted by atomic mass is 16.3. The van der Waals surface area contributed by atoms with Crippen LogP contribution in [0.25, 0.3) is 21.9 Å². The van der Waals surface area contributed by atoms with Gasteiger partial charge in [-0.3, -0.25) is 0 Å². The van der Waals surface area contributed by atoms with E-state index in [4.69, 9.17) is 4.42 Å². The Kier molecular flexibility index (Phi) is 3.76. The van der Waals surface area contributed by atoms with Crippen LogP contribution in [0, 0.1) is 0 Å². The number of hydrogen-bond donors (Lipinski definition) is 1. The Morgan fingerprint density at radius 2 is 1.62 bits per heavy atom. The molecule has 0 amide bonds. The molecule has 0 aliphatic rings. The molecule has 0 aliphatic carbocycles. The molecular formula is C24H27NO. The summed E-state index contributed by atoms with van der Waals surface area (Å²) in [5, 5.41) is 2.45.